The van der Waals surface area contributed by atoms with Crippen molar-refractivity contribution in [2.24, 2.45) is 7.05 Å². The summed E-state index contributed by atoms with van der Waals surface area (Å²) in [6.07, 6.45) is 8.33. The minimum Gasteiger partial charge on any atom is -0.483 e. The van der Waals surface area contributed by atoms with Crippen LogP contribution in [0.1, 0.15) is 57.3 Å². The largest absolute Gasteiger partial charge is 0.483 e. The van der Waals surface area contributed by atoms with Gasteiger partial charge in [0.2, 0.25) is 5.91 Å². The van der Waals surface area contributed by atoms with Gasteiger partial charge in [0.1, 0.15) is 12.2 Å². The topological polar surface area (TPSA) is 100 Å². The molecule has 136 valence electrons. The predicted octanol–water partition coefficient (Wildman–Crippen LogP) is 1.35. The van der Waals surface area contributed by atoms with E-state index in [9.17, 15) is 4.79 Å². The van der Waals surface area contributed by atoms with Crippen molar-refractivity contribution in [3.05, 3.63) is 12.2 Å². The molecule has 0 spiro atoms. The van der Waals surface area contributed by atoms with Crippen LogP contribution in [0, 0.1) is 0 Å². The maximum absolute atomic E-state index is 12.0. The van der Waals surface area contributed by atoms with E-state index in [4.69, 9.17) is 9.90 Å². The van der Waals surface area contributed by atoms with Gasteiger partial charge in [0.25, 0.3) is 6.47 Å². The predicted molar refractivity (Wildman–Crippen MR) is 90.4 cm³/mol. The fourth-order valence-electron chi connectivity index (χ4n) is 2.90. The van der Waals surface area contributed by atoms with Crippen LogP contribution in [0.2, 0.25) is 0 Å². The number of carbonyl (C=O) groups is 2. The summed E-state index contributed by atoms with van der Waals surface area (Å²) >= 11 is 0. The number of amides is 1. The number of aryl methyl sites for hydroxylation is 1. The number of hydrogen-bond donors (Lipinski definition) is 2. The van der Waals surface area contributed by atoms with Crippen molar-refractivity contribution in [1.29, 1.82) is 0 Å². The Bertz CT molecular complexity index is 484. The molecule has 1 fully saturated rings. The molecule has 1 unspecified atom stereocenters. The molecule has 1 saturated heterocycles. The van der Waals surface area contributed by atoms with Crippen LogP contribution in [0.5, 0.6) is 0 Å². The Morgan fingerprint density at radius 3 is 2.54 bits per heavy atom. The zero-order valence-corrected chi connectivity index (χ0v) is 14.6. The van der Waals surface area contributed by atoms with Crippen LogP contribution in [-0.4, -0.2) is 56.8 Å². The number of likely N-dealkylation sites (tertiary alicyclic amines) is 1. The highest BCUT2D eigenvalue weighted by Gasteiger charge is 2.14. The third kappa shape index (κ3) is 7.54. The van der Waals surface area contributed by atoms with Gasteiger partial charge in [0.05, 0.1) is 6.04 Å². The summed E-state index contributed by atoms with van der Waals surface area (Å²) in [7, 11) is 1.84. The van der Waals surface area contributed by atoms with Gasteiger partial charge in [0, 0.05) is 13.5 Å². The Balaban J connectivity index is 0.000000891. The Hall–Kier alpha value is -1.96. The molecule has 0 aromatic carbocycles. The van der Waals surface area contributed by atoms with Crippen LogP contribution >= 0.6 is 0 Å². The second-order valence-electron chi connectivity index (χ2n) is 6.00. The highest BCUT2D eigenvalue weighted by Crippen LogP contribution is 2.11. The molecule has 0 bridgehead atoms. The molecule has 0 radical (unpaired) electrons. The highest BCUT2D eigenvalue weighted by molar-refractivity contribution is 5.76. The van der Waals surface area contributed by atoms with Gasteiger partial charge >= 0.3 is 0 Å². The second-order valence-corrected chi connectivity index (χ2v) is 6.00. The zero-order chi connectivity index (χ0) is 17.8. The van der Waals surface area contributed by atoms with Crippen LogP contribution in [0.3, 0.4) is 0 Å². The van der Waals surface area contributed by atoms with Gasteiger partial charge in [-0.1, -0.05) is 12.8 Å². The molecule has 1 aromatic heterocycles. The number of carbonyl (C=O) groups excluding carboxylic acids is 1. The highest BCUT2D eigenvalue weighted by atomic mass is 16.3. The van der Waals surface area contributed by atoms with Crippen molar-refractivity contribution >= 4 is 12.4 Å². The van der Waals surface area contributed by atoms with Crippen molar-refractivity contribution in [3.8, 4) is 0 Å². The Labute approximate surface area is 143 Å². The quantitative estimate of drug-likeness (QED) is 0.759. The number of nitrogens with zero attached hydrogens (tertiary/aromatic N) is 4. The summed E-state index contributed by atoms with van der Waals surface area (Å²) in [6, 6.07) is -0.0943. The minimum atomic E-state index is -0.250. The van der Waals surface area contributed by atoms with E-state index in [0.717, 1.165) is 18.8 Å². The zero-order valence-electron chi connectivity index (χ0n) is 14.6. The summed E-state index contributed by atoms with van der Waals surface area (Å²) in [5, 5.41) is 13.9. The maximum Gasteiger partial charge on any atom is 0.290 e. The lowest BCUT2D eigenvalue weighted by Gasteiger charge is -2.19. The first kappa shape index (κ1) is 20.1. The van der Waals surface area contributed by atoms with E-state index in [1.54, 1.807) is 4.68 Å². The third-order valence-electron chi connectivity index (χ3n) is 4.09. The molecular weight excluding hydrogens is 310 g/mol. The van der Waals surface area contributed by atoms with Gasteiger partial charge in [-0.2, -0.15) is 5.10 Å². The Morgan fingerprint density at radius 1 is 1.38 bits per heavy atom. The fourth-order valence-corrected chi connectivity index (χ4v) is 2.90. The number of aromatic nitrogens is 3. The van der Waals surface area contributed by atoms with Gasteiger partial charge in [-0.25, -0.2) is 4.98 Å². The molecular formula is C16H29N5O3. The van der Waals surface area contributed by atoms with Crippen molar-refractivity contribution in [1.82, 2.24) is 25.0 Å². The molecule has 1 aromatic rings. The van der Waals surface area contributed by atoms with E-state index < -0.39 is 0 Å². The fraction of sp³-hybridized carbons (Fsp3) is 0.750. The molecule has 0 aliphatic carbocycles. The van der Waals surface area contributed by atoms with E-state index in [1.807, 2.05) is 14.0 Å². The van der Waals surface area contributed by atoms with E-state index in [2.05, 4.69) is 20.3 Å². The number of nitrogens with one attached hydrogen (secondary N) is 1. The molecule has 2 N–H and O–H groups in total. The van der Waals surface area contributed by atoms with Gasteiger partial charge in [-0.3, -0.25) is 14.3 Å². The standard InChI is InChI=1S/C15H27N5O.CH2O2/c1-13(15-16-12-17-19(15)2)18-14(21)8-7-11-20-9-5-3-4-6-10-20;2-1-3/h12-13H,3-11H2,1-2H3,(H,18,21);1H,(H,2,3). The van der Waals surface area contributed by atoms with Crippen LogP contribution < -0.4 is 5.32 Å². The molecule has 1 atom stereocenters. The van der Waals surface area contributed by atoms with E-state index >= 15 is 0 Å². The number of rotatable bonds is 6. The first-order chi connectivity index (χ1) is 11.6. The summed E-state index contributed by atoms with van der Waals surface area (Å²) in [5.41, 5.74) is 0. The van der Waals surface area contributed by atoms with Gasteiger partial charge < -0.3 is 15.3 Å². The molecule has 8 nitrogen and oxygen atoms in total. The normalized spacial score (nSPS) is 16.4. The van der Waals surface area contributed by atoms with Gasteiger partial charge in [-0.15, -0.1) is 0 Å². The summed E-state index contributed by atoms with van der Waals surface area (Å²) in [4.78, 5) is 27.0. The first-order valence-electron chi connectivity index (χ1n) is 8.52. The van der Waals surface area contributed by atoms with Crippen molar-refractivity contribution in [2.75, 3.05) is 19.6 Å². The SMILES string of the molecule is CC(NC(=O)CCCN1CCCCCC1)c1ncnn1C.O=CO. The smallest absolute Gasteiger partial charge is 0.290 e. The molecule has 1 amide bonds. The first-order valence-corrected chi connectivity index (χ1v) is 8.52. The van der Waals surface area contributed by atoms with E-state index in [0.29, 0.717) is 6.42 Å². The van der Waals surface area contributed by atoms with Crippen molar-refractivity contribution in [3.63, 3.8) is 0 Å². The maximum atomic E-state index is 12.0. The van der Waals surface area contributed by atoms with Crippen molar-refractivity contribution < 1.29 is 14.7 Å². The van der Waals surface area contributed by atoms with E-state index in [-0.39, 0.29) is 18.4 Å². The summed E-state index contributed by atoms with van der Waals surface area (Å²) < 4.78 is 1.70. The van der Waals surface area contributed by atoms with Crippen LogP contribution in [-0.2, 0) is 16.6 Å². The van der Waals surface area contributed by atoms with Gasteiger partial charge in [0.15, 0.2) is 0 Å². The van der Waals surface area contributed by atoms with Gasteiger partial charge in [-0.05, 0) is 45.8 Å². The molecule has 1 aliphatic heterocycles. The summed E-state index contributed by atoms with van der Waals surface area (Å²) in [6.45, 7) is 5.11. The molecule has 0 saturated carbocycles. The molecule has 1 aliphatic rings. The lowest BCUT2D eigenvalue weighted by atomic mass is 10.2. The lowest BCUT2D eigenvalue weighted by Crippen LogP contribution is -2.30. The molecule has 2 rings (SSSR count). The lowest BCUT2D eigenvalue weighted by molar-refractivity contribution is -0.123. The van der Waals surface area contributed by atoms with Crippen LogP contribution in [0.25, 0.3) is 0 Å². The van der Waals surface area contributed by atoms with E-state index in [1.165, 1.54) is 45.1 Å². The average molecular weight is 339 g/mol. The number of carboxylic acid groups (broad SMARTS) is 1. The Kier molecular flexibility index (Phi) is 9.67. The molecule has 2 heterocycles. The second kappa shape index (κ2) is 11.6. The minimum absolute atomic E-state index is 0.0943. The summed E-state index contributed by atoms with van der Waals surface area (Å²) in [5.74, 6) is 0.885. The Morgan fingerprint density at radius 2 is 2.00 bits per heavy atom. The monoisotopic (exact) mass is 339 g/mol. The third-order valence-corrected chi connectivity index (χ3v) is 4.09. The molecule has 24 heavy (non-hydrogen) atoms. The van der Waals surface area contributed by atoms with Crippen molar-refractivity contribution in [2.45, 2.75) is 51.5 Å². The van der Waals surface area contributed by atoms with Crippen LogP contribution in [0.15, 0.2) is 6.33 Å². The average Bonchev–Trinajstić information content (AvgIpc) is 2.81. The van der Waals surface area contributed by atoms with Crippen LogP contribution in [0.4, 0.5) is 0 Å². The molecule has 8 heteroatoms. The number of hydrogen-bond acceptors (Lipinski definition) is 5.